The SMILES string of the molecule is Cc1ccc(-c2nc(CC(=O)N(C)CC(=O)Nc3cccc(Cl)c3)cs2)o1. The Bertz CT molecular complexity index is 967. The molecule has 1 N–H and O–H groups in total. The number of halogens is 1. The lowest BCUT2D eigenvalue weighted by atomic mass is 10.3. The fourth-order valence-corrected chi connectivity index (χ4v) is 3.38. The number of carbonyl (C=O) groups is 2. The van der Waals surface area contributed by atoms with Crippen molar-refractivity contribution in [2.75, 3.05) is 18.9 Å². The summed E-state index contributed by atoms with van der Waals surface area (Å²) >= 11 is 7.31. The number of rotatable bonds is 6. The molecule has 2 amide bonds. The third kappa shape index (κ3) is 5.18. The van der Waals surface area contributed by atoms with Crippen molar-refractivity contribution < 1.29 is 14.0 Å². The molecule has 27 heavy (non-hydrogen) atoms. The Morgan fingerprint density at radius 2 is 2.11 bits per heavy atom. The number of amides is 2. The zero-order chi connectivity index (χ0) is 19.4. The molecule has 0 atom stereocenters. The number of hydrogen-bond donors (Lipinski definition) is 1. The van der Waals surface area contributed by atoms with E-state index < -0.39 is 0 Å². The van der Waals surface area contributed by atoms with Crippen LogP contribution in [-0.4, -0.2) is 35.3 Å². The first-order valence-corrected chi connectivity index (χ1v) is 9.47. The van der Waals surface area contributed by atoms with E-state index in [1.165, 1.54) is 16.2 Å². The van der Waals surface area contributed by atoms with E-state index in [1.54, 1.807) is 31.3 Å². The van der Waals surface area contributed by atoms with Gasteiger partial charge in [0, 0.05) is 23.1 Å². The molecule has 1 aromatic carbocycles. The summed E-state index contributed by atoms with van der Waals surface area (Å²) in [6, 6.07) is 10.6. The standard InChI is InChI=1S/C19H18ClN3O3S/c1-12-6-7-16(26-12)19-22-15(11-27-19)9-18(25)23(2)10-17(24)21-14-5-3-4-13(20)8-14/h3-8,11H,9-10H2,1-2H3,(H,21,24). The van der Waals surface area contributed by atoms with Crippen LogP contribution < -0.4 is 5.32 Å². The fraction of sp³-hybridized carbons (Fsp3) is 0.211. The molecule has 0 fully saturated rings. The number of hydrogen-bond acceptors (Lipinski definition) is 5. The number of aryl methyl sites for hydroxylation is 1. The monoisotopic (exact) mass is 403 g/mol. The second kappa shape index (κ2) is 8.37. The van der Waals surface area contributed by atoms with Crippen LogP contribution >= 0.6 is 22.9 Å². The Hall–Kier alpha value is -2.64. The van der Waals surface area contributed by atoms with Crippen molar-refractivity contribution in [1.29, 1.82) is 0 Å². The van der Waals surface area contributed by atoms with Gasteiger partial charge in [-0.3, -0.25) is 9.59 Å². The molecule has 140 valence electrons. The highest BCUT2D eigenvalue weighted by atomic mass is 35.5. The Kier molecular flexibility index (Phi) is 5.93. The quantitative estimate of drug-likeness (QED) is 0.674. The topological polar surface area (TPSA) is 75.4 Å². The molecule has 3 rings (SSSR count). The third-order valence-corrected chi connectivity index (χ3v) is 4.89. The molecule has 0 bridgehead atoms. The van der Waals surface area contributed by atoms with Crippen molar-refractivity contribution in [3.8, 4) is 10.8 Å². The summed E-state index contributed by atoms with van der Waals surface area (Å²) in [6.45, 7) is 1.81. The van der Waals surface area contributed by atoms with Crippen LogP contribution in [0.15, 0.2) is 46.2 Å². The van der Waals surface area contributed by atoms with Gasteiger partial charge >= 0.3 is 0 Å². The lowest BCUT2D eigenvalue weighted by Gasteiger charge is -2.16. The van der Waals surface area contributed by atoms with Crippen molar-refractivity contribution in [2.45, 2.75) is 13.3 Å². The predicted octanol–water partition coefficient (Wildman–Crippen LogP) is 4.00. The third-order valence-electron chi connectivity index (χ3n) is 3.75. The maximum absolute atomic E-state index is 12.4. The van der Waals surface area contributed by atoms with E-state index >= 15 is 0 Å². The van der Waals surface area contributed by atoms with Gasteiger partial charge in [0.05, 0.1) is 18.7 Å². The number of aromatic nitrogens is 1. The van der Waals surface area contributed by atoms with Crippen LogP contribution in [-0.2, 0) is 16.0 Å². The van der Waals surface area contributed by atoms with E-state index in [0.717, 1.165) is 10.8 Å². The van der Waals surface area contributed by atoms with Crippen molar-refractivity contribution in [1.82, 2.24) is 9.88 Å². The van der Waals surface area contributed by atoms with Gasteiger partial charge in [0.1, 0.15) is 5.76 Å². The molecule has 2 heterocycles. The predicted molar refractivity (Wildman–Crippen MR) is 106 cm³/mol. The smallest absolute Gasteiger partial charge is 0.243 e. The van der Waals surface area contributed by atoms with Crippen molar-refractivity contribution >= 4 is 40.4 Å². The molecule has 0 saturated carbocycles. The van der Waals surface area contributed by atoms with E-state index in [-0.39, 0.29) is 24.8 Å². The summed E-state index contributed by atoms with van der Waals surface area (Å²) < 4.78 is 5.54. The summed E-state index contributed by atoms with van der Waals surface area (Å²) in [5, 5.41) is 5.80. The molecule has 8 heteroatoms. The second-order valence-electron chi connectivity index (χ2n) is 6.04. The van der Waals surface area contributed by atoms with Crippen LogP contribution in [0.5, 0.6) is 0 Å². The molecule has 6 nitrogen and oxygen atoms in total. The van der Waals surface area contributed by atoms with Gasteiger partial charge in [-0.05, 0) is 37.3 Å². The fourth-order valence-electron chi connectivity index (χ4n) is 2.41. The normalized spacial score (nSPS) is 10.6. The highest BCUT2D eigenvalue weighted by Gasteiger charge is 2.16. The summed E-state index contributed by atoms with van der Waals surface area (Å²) in [5.41, 5.74) is 1.24. The van der Waals surface area contributed by atoms with E-state index in [0.29, 0.717) is 22.2 Å². The molecule has 0 saturated heterocycles. The Morgan fingerprint density at radius 3 is 2.81 bits per heavy atom. The van der Waals surface area contributed by atoms with Crippen LogP contribution in [0, 0.1) is 6.92 Å². The Morgan fingerprint density at radius 1 is 1.30 bits per heavy atom. The molecule has 0 spiro atoms. The molecule has 0 aliphatic carbocycles. The van der Waals surface area contributed by atoms with Crippen LogP contribution in [0.1, 0.15) is 11.5 Å². The highest BCUT2D eigenvalue weighted by molar-refractivity contribution is 7.13. The zero-order valence-electron chi connectivity index (χ0n) is 14.9. The van der Waals surface area contributed by atoms with Gasteiger partial charge in [-0.15, -0.1) is 11.3 Å². The molecule has 0 unspecified atom stereocenters. The van der Waals surface area contributed by atoms with Gasteiger partial charge in [-0.25, -0.2) is 4.98 Å². The maximum Gasteiger partial charge on any atom is 0.243 e. The Labute approximate surface area is 165 Å². The van der Waals surface area contributed by atoms with Crippen LogP contribution in [0.25, 0.3) is 10.8 Å². The van der Waals surface area contributed by atoms with Gasteiger partial charge in [0.25, 0.3) is 0 Å². The number of nitrogens with zero attached hydrogens (tertiary/aromatic N) is 2. The first-order chi connectivity index (χ1) is 12.9. The molecule has 3 aromatic rings. The van der Waals surface area contributed by atoms with Gasteiger partial charge in [0.15, 0.2) is 10.8 Å². The van der Waals surface area contributed by atoms with Crippen LogP contribution in [0.3, 0.4) is 0 Å². The first-order valence-electron chi connectivity index (χ1n) is 8.21. The van der Waals surface area contributed by atoms with Gasteiger partial charge < -0.3 is 14.6 Å². The minimum atomic E-state index is -0.293. The van der Waals surface area contributed by atoms with Crippen LogP contribution in [0.2, 0.25) is 5.02 Å². The van der Waals surface area contributed by atoms with E-state index in [4.69, 9.17) is 16.0 Å². The second-order valence-corrected chi connectivity index (χ2v) is 7.33. The molecule has 0 aliphatic rings. The van der Waals surface area contributed by atoms with Gasteiger partial charge in [0.2, 0.25) is 11.8 Å². The summed E-state index contributed by atoms with van der Waals surface area (Å²) in [5.74, 6) is 1.01. The molecular weight excluding hydrogens is 386 g/mol. The average molecular weight is 404 g/mol. The Balaban J connectivity index is 1.54. The van der Waals surface area contributed by atoms with Gasteiger partial charge in [-0.1, -0.05) is 17.7 Å². The molecule has 0 radical (unpaired) electrons. The number of thiazole rings is 1. The number of anilines is 1. The molecular formula is C19H18ClN3O3S. The summed E-state index contributed by atoms with van der Waals surface area (Å²) in [7, 11) is 1.59. The van der Waals surface area contributed by atoms with Crippen molar-refractivity contribution in [2.24, 2.45) is 0 Å². The average Bonchev–Trinajstić information content (AvgIpc) is 3.23. The summed E-state index contributed by atoms with van der Waals surface area (Å²) in [6.07, 6.45) is 0.122. The van der Waals surface area contributed by atoms with E-state index in [1.807, 2.05) is 24.4 Å². The molecule has 0 aliphatic heterocycles. The van der Waals surface area contributed by atoms with Crippen molar-refractivity contribution in [3.63, 3.8) is 0 Å². The van der Waals surface area contributed by atoms with Crippen molar-refractivity contribution in [3.05, 3.63) is 58.3 Å². The summed E-state index contributed by atoms with van der Waals surface area (Å²) in [4.78, 5) is 30.3. The van der Waals surface area contributed by atoms with Crippen LogP contribution in [0.4, 0.5) is 5.69 Å². The number of nitrogens with one attached hydrogen (secondary N) is 1. The first kappa shape index (κ1) is 19.1. The largest absolute Gasteiger partial charge is 0.459 e. The number of carbonyl (C=O) groups excluding carboxylic acids is 2. The van der Waals surface area contributed by atoms with E-state index in [9.17, 15) is 9.59 Å². The number of furan rings is 1. The molecule has 2 aromatic heterocycles. The minimum absolute atomic E-state index is 0.0558. The van der Waals surface area contributed by atoms with Gasteiger partial charge in [-0.2, -0.15) is 0 Å². The zero-order valence-corrected chi connectivity index (χ0v) is 16.4. The lowest BCUT2D eigenvalue weighted by Crippen LogP contribution is -2.35. The van der Waals surface area contributed by atoms with E-state index in [2.05, 4.69) is 10.3 Å². The number of likely N-dealkylation sites (N-methyl/N-ethyl adjacent to an activating group) is 1. The highest BCUT2D eigenvalue weighted by Crippen LogP contribution is 2.25. The number of benzene rings is 1. The lowest BCUT2D eigenvalue weighted by molar-refractivity contribution is -0.132. The maximum atomic E-state index is 12.4. The minimum Gasteiger partial charge on any atom is -0.459 e.